The fourth-order valence-electron chi connectivity index (χ4n) is 11.8. The van der Waals surface area contributed by atoms with Gasteiger partial charge >= 0.3 is 23.9 Å². The molecule has 16 nitrogen and oxygen atoms in total. The summed E-state index contributed by atoms with van der Waals surface area (Å²) in [4.78, 5) is 54.3. The van der Waals surface area contributed by atoms with Crippen molar-refractivity contribution in [1.82, 2.24) is 0 Å². The standard InChI is InChI=1S/C89H96N4O12/c90-61-69-25-33-73(34-26-69)77-41-49-81(50-42-77)98-57-17-9-1-5-13-21-85(94)102-65-89(66-103-86(95)22-14-6-2-10-18-58-99-82-51-43-78(44-52-82)74-35-27-70(62-91)28-36-74,67-104-87(96)23-15-7-3-11-19-59-100-83-53-45-79(46-54-83)75-37-29-71(63-92)30-38-75)68-105-88(97)24-16-8-4-12-20-60-101-84-55-47-80(48-56-84)76-39-31-72(64-93)32-40-76/h25-56H,1-24,57-60,65-68H2. The lowest BCUT2D eigenvalue weighted by Gasteiger charge is -2.31. The highest BCUT2D eigenvalue weighted by Crippen LogP contribution is 2.29. The molecule has 0 aromatic heterocycles. The molecule has 0 aliphatic carbocycles. The van der Waals surface area contributed by atoms with E-state index in [0.29, 0.717) is 74.4 Å². The van der Waals surface area contributed by atoms with Crippen LogP contribution in [0.2, 0.25) is 0 Å². The van der Waals surface area contributed by atoms with Gasteiger partial charge in [0.2, 0.25) is 0 Å². The zero-order valence-electron chi connectivity index (χ0n) is 60.3. The molecular formula is C89H96N4O12. The van der Waals surface area contributed by atoms with E-state index < -0.39 is 29.3 Å². The topological polar surface area (TPSA) is 237 Å². The molecule has 0 atom stereocenters. The van der Waals surface area contributed by atoms with Crippen molar-refractivity contribution in [1.29, 1.82) is 21.0 Å². The minimum atomic E-state index is -1.39. The van der Waals surface area contributed by atoms with Gasteiger partial charge in [-0.25, -0.2) is 0 Å². The number of nitrogens with zero attached hydrogens (tertiary/aromatic N) is 4. The SMILES string of the molecule is N#Cc1ccc(-c2ccc(OCCCCCCCC(=O)OCC(COC(=O)CCCCCCCOc3ccc(-c4ccc(C#N)cc4)cc3)(COC(=O)CCCCCCCOc3ccc(-c4ccc(C#N)cc4)cc3)COC(=O)CCCCCCCOc3ccc(-c4ccc(C#N)cc4)cc3)cc2)cc1. The smallest absolute Gasteiger partial charge is 0.305 e. The monoisotopic (exact) mass is 1410 g/mol. The second-order valence-electron chi connectivity index (χ2n) is 26.5. The molecule has 8 rings (SSSR count). The molecule has 8 aromatic carbocycles. The molecule has 0 fully saturated rings. The summed E-state index contributed by atoms with van der Waals surface area (Å²) in [7, 11) is 0. The molecule has 0 N–H and O–H groups in total. The Bertz CT molecular complexity index is 3540. The van der Waals surface area contributed by atoms with Crippen LogP contribution in [0.1, 0.15) is 176 Å². The number of hydrogen-bond acceptors (Lipinski definition) is 16. The molecular weight excluding hydrogens is 1320 g/mol. The first kappa shape index (κ1) is 79.5. The summed E-state index contributed by atoms with van der Waals surface area (Å²) in [6.07, 6.45) is 16.5. The summed E-state index contributed by atoms with van der Waals surface area (Å²) in [6, 6.07) is 69.9. The number of hydrogen-bond donors (Lipinski definition) is 0. The van der Waals surface area contributed by atoms with Crippen LogP contribution in [0.15, 0.2) is 194 Å². The van der Waals surface area contributed by atoms with Crippen LogP contribution in [0.3, 0.4) is 0 Å². The molecule has 0 unspecified atom stereocenters. The van der Waals surface area contributed by atoms with Crippen molar-refractivity contribution in [3.63, 3.8) is 0 Å². The Morgan fingerprint density at radius 2 is 0.390 bits per heavy atom. The molecule has 0 aliphatic rings. The first-order valence-electron chi connectivity index (χ1n) is 37.1. The zero-order chi connectivity index (χ0) is 73.8. The quantitative estimate of drug-likeness (QED) is 0.0196. The molecule has 16 heteroatoms. The zero-order valence-corrected chi connectivity index (χ0v) is 60.3. The predicted octanol–water partition coefficient (Wildman–Crippen LogP) is 20.0. The number of esters is 4. The molecule has 8 aromatic rings. The van der Waals surface area contributed by atoms with Crippen LogP contribution in [-0.2, 0) is 38.1 Å². The molecule has 0 spiro atoms. The van der Waals surface area contributed by atoms with Gasteiger partial charge in [-0.3, -0.25) is 19.2 Å². The van der Waals surface area contributed by atoms with Crippen LogP contribution in [-0.4, -0.2) is 76.7 Å². The van der Waals surface area contributed by atoms with Crippen LogP contribution in [0.4, 0.5) is 0 Å². The third-order valence-electron chi connectivity index (χ3n) is 18.1. The van der Waals surface area contributed by atoms with Gasteiger partial charge < -0.3 is 37.9 Å². The van der Waals surface area contributed by atoms with Crippen LogP contribution < -0.4 is 18.9 Å². The number of carbonyl (C=O) groups excluding carboxylic acids is 4. The molecule has 0 saturated heterocycles. The summed E-state index contributed by atoms with van der Waals surface area (Å²) in [6.45, 7) is 0.921. The number of carbonyl (C=O) groups is 4. The number of nitriles is 4. The Balaban J connectivity index is 0.797. The molecule has 0 aliphatic heterocycles. The molecule has 105 heavy (non-hydrogen) atoms. The molecule has 0 amide bonds. The third-order valence-corrected chi connectivity index (χ3v) is 18.1. The highest BCUT2D eigenvalue weighted by molar-refractivity contribution is 5.72. The maximum atomic E-state index is 13.6. The van der Waals surface area contributed by atoms with Crippen molar-refractivity contribution in [2.75, 3.05) is 52.9 Å². The Hall–Kier alpha value is -11.2. The average Bonchev–Trinajstić information content (AvgIpc) is 0.883. The minimum Gasteiger partial charge on any atom is -0.494 e. The number of unbranched alkanes of at least 4 members (excludes halogenated alkanes) is 16. The van der Waals surface area contributed by atoms with Gasteiger partial charge in [0, 0.05) is 25.7 Å². The Morgan fingerprint density at radius 1 is 0.229 bits per heavy atom. The number of ether oxygens (including phenoxy) is 8. The van der Waals surface area contributed by atoms with E-state index in [-0.39, 0.29) is 52.1 Å². The minimum absolute atomic E-state index is 0.137. The second-order valence-corrected chi connectivity index (χ2v) is 26.5. The normalized spacial score (nSPS) is 10.9. The van der Waals surface area contributed by atoms with Crippen LogP contribution in [0.25, 0.3) is 44.5 Å². The molecule has 0 radical (unpaired) electrons. The van der Waals surface area contributed by atoms with Gasteiger partial charge in [0.25, 0.3) is 0 Å². The summed E-state index contributed by atoms with van der Waals surface area (Å²) in [5.74, 6) is 1.22. The van der Waals surface area contributed by atoms with E-state index in [1.807, 2.05) is 146 Å². The summed E-state index contributed by atoms with van der Waals surface area (Å²) >= 11 is 0. The summed E-state index contributed by atoms with van der Waals surface area (Å²) in [5, 5.41) is 36.6. The van der Waals surface area contributed by atoms with Gasteiger partial charge in [0.15, 0.2) is 0 Å². The number of rotatable bonds is 48. The van der Waals surface area contributed by atoms with Crippen molar-refractivity contribution in [3.8, 4) is 91.8 Å². The van der Waals surface area contributed by atoms with Crippen molar-refractivity contribution < 1.29 is 57.1 Å². The highest BCUT2D eigenvalue weighted by atomic mass is 16.6. The van der Waals surface area contributed by atoms with E-state index in [1.54, 1.807) is 48.5 Å². The van der Waals surface area contributed by atoms with E-state index in [0.717, 1.165) is 170 Å². The average molecular weight is 1410 g/mol. The van der Waals surface area contributed by atoms with E-state index >= 15 is 0 Å². The van der Waals surface area contributed by atoms with Gasteiger partial charge in [0.1, 0.15) is 54.8 Å². The molecule has 0 saturated carbocycles. The third kappa shape index (κ3) is 29.6. The fourth-order valence-corrected chi connectivity index (χ4v) is 11.8. The Labute approximate surface area is 619 Å². The van der Waals surface area contributed by atoms with Crippen molar-refractivity contribution in [2.24, 2.45) is 5.41 Å². The maximum absolute atomic E-state index is 13.6. The lowest BCUT2D eigenvalue weighted by atomic mass is 9.92. The summed E-state index contributed by atoms with van der Waals surface area (Å²) in [5.41, 5.74) is 9.27. The Kier molecular flexibility index (Phi) is 34.6. The molecule has 544 valence electrons. The summed E-state index contributed by atoms with van der Waals surface area (Å²) < 4.78 is 47.9. The highest BCUT2D eigenvalue weighted by Gasteiger charge is 2.38. The first-order chi connectivity index (χ1) is 51.5. The first-order valence-corrected chi connectivity index (χ1v) is 37.1. The second kappa shape index (κ2) is 45.7. The predicted molar refractivity (Wildman–Crippen MR) is 405 cm³/mol. The Morgan fingerprint density at radius 3 is 0.571 bits per heavy atom. The van der Waals surface area contributed by atoms with Gasteiger partial charge in [-0.2, -0.15) is 21.0 Å². The molecule has 0 bridgehead atoms. The number of benzene rings is 8. The van der Waals surface area contributed by atoms with Crippen LogP contribution >= 0.6 is 0 Å². The van der Waals surface area contributed by atoms with Gasteiger partial charge in [-0.05, 0) is 193 Å². The van der Waals surface area contributed by atoms with E-state index in [2.05, 4.69) is 24.3 Å². The van der Waals surface area contributed by atoms with Crippen molar-refractivity contribution >= 4 is 23.9 Å². The lowest BCUT2D eigenvalue weighted by molar-refractivity contribution is -0.170. The van der Waals surface area contributed by atoms with Crippen molar-refractivity contribution in [3.05, 3.63) is 216 Å². The van der Waals surface area contributed by atoms with Crippen molar-refractivity contribution in [2.45, 2.75) is 154 Å². The lowest BCUT2D eigenvalue weighted by Crippen LogP contribution is -2.44. The largest absolute Gasteiger partial charge is 0.494 e. The maximum Gasteiger partial charge on any atom is 0.305 e. The van der Waals surface area contributed by atoms with Gasteiger partial charge in [-0.1, -0.05) is 174 Å². The van der Waals surface area contributed by atoms with Crippen LogP contribution in [0.5, 0.6) is 23.0 Å². The fraction of sp³-hybridized carbons (Fsp3) is 0.371. The van der Waals surface area contributed by atoms with Crippen LogP contribution in [0, 0.1) is 50.7 Å². The van der Waals surface area contributed by atoms with E-state index in [9.17, 15) is 19.2 Å². The molecule has 0 heterocycles. The van der Waals surface area contributed by atoms with E-state index in [1.165, 1.54) is 0 Å². The van der Waals surface area contributed by atoms with Gasteiger partial charge in [-0.15, -0.1) is 0 Å². The van der Waals surface area contributed by atoms with E-state index in [4.69, 9.17) is 58.9 Å². The van der Waals surface area contributed by atoms with Gasteiger partial charge in [0.05, 0.1) is 73.0 Å².